The van der Waals surface area contributed by atoms with Crippen LogP contribution in [0.5, 0.6) is 5.75 Å². The minimum Gasteiger partial charge on any atom is -0.489 e. The van der Waals surface area contributed by atoms with Crippen LogP contribution in [0.3, 0.4) is 0 Å². The zero-order chi connectivity index (χ0) is 19.7. The molecule has 1 saturated heterocycles. The Kier molecular flexibility index (Phi) is 5.20. The highest BCUT2D eigenvalue weighted by atomic mass is 19.1. The first-order valence-electron chi connectivity index (χ1n) is 9.94. The Labute approximate surface area is 164 Å². The number of pyridine rings is 1. The number of benzene rings is 1. The van der Waals surface area contributed by atoms with E-state index in [0.717, 1.165) is 37.1 Å². The summed E-state index contributed by atoms with van der Waals surface area (Å²) >= 11 is 0. The maximum atomic E-state index is 14.8. The van der Waals surface area contributed by atoms with Gasteiger partial charge < -0.3 is 15.0 Å². The summed E-state index contributed by atoms with van der Waals surface area (Å²) in [6.07, 6.45) is 4.67. The Hall–Kier alpha value is -2.63. The van der Waals surface area contributed by atoms with Gasteiger partial charge in [-0.15, -0.1) is 0 Å². The molecule has 0 bridgehead atoms. The minimum absolute atomic E-state index is 0.0237. The van der Waals surface area contributed by atoms with Gasteiger partial charge in [-0.25, -0.2) is 4.39 Å². The zero-order valence-corrected chi connectivity index (χ0v) is 16.3. The molecule has 6 heteroatoms. The van der Waals surface area contributed by atoms with Crippen molar-refractivity contribution in [3.8, 4) is 5.75 Å². The summed E-state index contributed by atoms with van der Waals surface area (Å²) in [7, 11) is 0. The van der Waals surface area contributed by atoms with Crippen LogP contribution in [0.25, 0.3) is 0 Å². The predicted octanol–water partition coefficient (Wildman–Crippen LogP) is 3.95. The summed E-state index contributed by atoms with van der Waals surface area (Å²) in [6.45, 7) is 4.90. The molecular formula is C22H26FN3O2. The number of aromatic nitrogens is 1. The van der Waals surface area contributed by atoms with Crippen molar-refractivity contribution < 1.29 is 13.9 Å². The molecule has 0 spiro atoms. The number of ether oxygens (including phenoxy) is 1. The molecule has 2 atom stereocenters. The molecule has 1 aliphatic carbocycles. The van der Waals surface area contributed by atoms with Gasteiger partial charge in [-0.2, -0.15) is 0 Å². The summed E-state index contributed by atoms with van der Waals surface area (Å²) in [4.78, 5) is 17.5. The van der Waals surface area contributed by atoms with Crippen molar-refractivity contribution in [2.24, 2.45) is 0 Å². The molecule has 1 saturated carbocycles. The normalized spacial score (nSPS) is 20.1. The highest BCUT2D eigenvalue weighted by Crippen LogP contribution is 2.42. The average Bonchev–Trinajstić information content (AvgIpc) is 3.41. The number of rotatable bonds is 6. The summed E-state index contributed by atoms with van der Waals surface area (Å²) in [6, 6.07) is 9.51. The van der Waals surface area contributed by atoms with Crippen molar-refractivity contribution in [3.63, 3.8) is 0 Å². The van der Waals surface area contributed by atoms with Crippen molar-refractivity contribution in [1.82, 2.24) is 10.3 Å². The smallest absolute Gasteiger partial charge is 0.217 e. The van der Waals surface area contributed by atoms with Crippen molar-refractivity contribution in [2.45, 2.75) is 51.2 Å². The van der Waals surface area contributed by atoms with E-state index >= 15 is 0 Å². The van der Waals surface area contributed by atoms with E-state index in [1.807, 2.05) is 31.2 Å². The van der Waals surface area contributed by atoms with E-state index < -0.39 is 0 Å². The maximum absolute atomic E-state index is 14.8. The lowest BCUT2D eigenvalue weighted by Gasteiger charge is -2.20. The van der Waals surface area contributed by atoms with Crippen LogP contribution in [0.15, 0.2) is 36.5 Å². The number of carbonyl (C=O) groups is 1. The van der Waals surface area contributed by atoms with Crippen LogP contribution >= 0.6 is 0 Å². The lowest BCUT2D eigenvalue weighted by atomic mass is 10.1. The average molecular weight is 383 g/mol. The fraction of sp³-hybridized carbons (Fsp3) is 0.455. The summed E-state index contributed by atoms with van der Waals surface area (Å²) in [5.41, 5.74) is 2.29. The monoisotopic (exact) mass is 383 g/mol. The number of halogens is 1. The first kappa shape index (κ1) is 18.7. The topological polar surface area (TPSA) is 54.5 Å². The molecule has 2 aromatic rings. The molecule has 1 aromatic heterocycles. The molecule has 2 aliphatic rings. The van der Waals surface area contributed by atoms with Crippen LogP contribution in [-0.4, -0.2) is 30.1 Å². The van der Waals surface area contributed by atoms with Crippen LogP contribution in [0, 0.1) is 5.82 Å². The fourth-order valence-corrected chi connectivity index (χ4v) is 3.79. The number of hydrogen-bond acceptors (Lipinski definition) is 4. The molecule has 1 N–H and O–H groups in total. The van der Waals surface area contributed by atoms with Crippen LogP contribution in [0.4, 0.5) is 10.1 Å². The fourth-order valence-electron chi connectivity index (χ4n) is 3.79. The third-order valence-electron chi connectivity index (χ3n) is 5.45. The number of carbonyl (C=O) groups excluding carboxylic acids is 1. The van der Waals surface area contributed by atoms with Crippen molar-refractivity contribution in [1.29, 1.82) is 0 Å². The van der Waals surface area contributed by atoms with E-state index in [1.165, 1.54) is 6.92 Å². The lowest BCUT2D eigenvalue weighted by Crippen LogP contribution is -2.25. The number of nitrogens with zero attached hydrogens (tertiary/aromatic N) is 2. The second-order valence-electron chi connectivity index (χ2n) is 7.77. The molecule has 0 unspecified atom stereocenters. The number of amides is 1. The van der Waals surface area contributed by atoms with Gasteiger partial charge in [-0.05, 0) is 43.5 Å². The van der Waals surface area contributed by atoms with Gasteiger partial charge in [-0.1, -0.05) is 12.1 Å². The molecule has 148 valence electrons. The highest BCUT2D eigenvalue weighted by molar-refractivity contribution is 5.73. The minimum atomic E-state index is -0.165. The van der Waals surface area contributed by atoms with Crippen LogP contribution < -0.4 is 15.0 Å². The molecule has 2 fully saturated rings. The van der Waals surface area contributed by atoms with Gasteiger partial charge in [0.15, 0.2) is 5.82 Å². The molecule has 28 heavy (non-hydrogen) atoms. The number of anilines is 1. The predicted molar refractivity (Wildman–Crippen MR) is 106 cm³/mol. The molecule has 0 radical (unpaired) electrons. The molecule has 1 aliphatic heterocycles. The Bertz CT molecular complexity index is 851. The van der Waals surface area contributed by atoms with Crippen molar-refractivity contribution >= 4 is 11.6 Å². The lowest BCUT2D eigenvalue weighted by molar-refractivity contribution is -0.119. The van der Waals surface area contributed by atoms with Crippen molar-refractivity contribution in [2.75, 3.05) is 18.0 Å². The highest BCUT2D eigenvalue weighted by Gasteiger charge is 2.32. The van der Waals surface area contributed by atoms with Crippen LogP contribution in [0.2, 0.25) is 0 Å². The van der Waals surface area contributed by atoms with Crippen molar-refractivity contribution in [3.05, 3.63) is 53.6 Å². The Morgan fingerprint density at radius 1 is 1.25 bits per heavy atom. The number of hydrogen-bond donors (Lipinski definition) is 1. The van der Waals surface area contributed by atoms with Crippen LogP contribution in [-0.2, 0) is 4.79 Å². The van der Waals surface area contributed by atoms with Gasteiger partial charge in [0.1, 0.15) is 11.9 Å². The van der Waals surface area contributed by atoms with E-state index in [-0.39, 0.29) is 23.9 Å². The third kappa shape index (κ3) is 4.11. The second kappa shape index (κ2) is 7.78. The van der Waals surface area contributed by atoms with E-state index in [9.17, 15) is 9.18 Å². The Morgan fingerprint density at radius 2 is 2.00 bits per heavy atom. The SMILES string of the molecule is CC(=O)N[C@@H](C)c1ccc(O[C@@H]2CCN(c3ccnc(C4CC4)c3F)C2)cc1. The first-order chi connectivity index (χ1) is 13.5. The van der Waals surface area contributed by atoms with E-state index in [2.05, 4.69) is 15.2 Å². The molecule has 1 aromatic carbocycles. The molecule has 2 heterocycles. The van der Waals surface area contributed by atoms with Gasteiger partial charge in [-0.3, -0.25) is 9.78 Å². The first-order valence-corrected chi connectivity index (χ1v) is 9.94. The largest absolute Gasteiger partial charge is 0.489 e. The number of nitrogens with one attached hydrogen (secondary N) is 1. The van der Waals surface area contributed by atoms with Gasteiger partial charge in [0, 0.05) is 32.0 Å². The quantitative estimate of drug-likeness (QED) is 0.821. The van der Waals surface area contributed by atoms with Gasteiger partial charge in [0.2, 0.25) is 5.91 Å². The van der Waals surface area contributed by atoms with E-state index in [0.29, 0.717) is 23.8 Å². The molecule has 1 amide bonds. The third-order valence-corrected chi connectivity index (χ3v) is 5.45. The standard InChI is InChI=1S/C22H26FN3O2/c1-14(25-15(2)27)16-5-7-18(8-6-16)28-19-10-12-26(13-19)20-9-11-24-22(21(20)23)17-3-4-17/h5-9,11,14,17,19H,3-4,10,12-13H2,1-2H3,(H,25,27)/t14-,19+/m0/s1. The van der Waals surface area contributed by atoms with Gasteiger partial charge >= 0.3 is 0 Å². The Morgan fingerprint density at radius 3 is 2.68 bits per heavy atom. The molecular weight excluding hydrogens is 357 g/mol. The molecule has 4 rings (SSSR count). The zero-order valence-electron chi connectivity index (χ0n) is 16.3. The summed E-state index contributed by atoms with van der Waals surface area (Å²) < 4.78 is 20.9. The second-order valence-corrected chi connectivity index (χ2v) is 7.77. The summed E-state index contributed by atoms with van der Waals surface area (Å²) in [5, 5.41) is 2.87. The Balaban J connectivity index is 1.37. The summed E-state index contributed by atoms with van der Waals surface area (Å²) in [5.74, 6) is 0.876. The van der Waals surface area contributed by atoms with E-state index in [1.54, 1.807) is 12.3 Å². The molecule has 5 nitrogen and oxygen atoms in total. The maximum Gasteiger partial charge on any atom is 0.217 e. The van der Waals surface area contributed by atoms with E-state index in [4.69, 9.17) is 4.74 Å². The van der Waals surface area contributed by atoms with Gasteiger partial charge in [0.25, 0.3) is 0 Å². The van der Waals surface area contributed by atoms with Gasteiger partial charge in [0.05, 0.1) is 24.0 Å². The van der Waals surface area contributed by atoms with Crippen LogP contribution in [0.1, 0.15) is 56.3 Å².